The summed E-state index contributed by atoms with van der Waals surface area (Å²) in [6, 6.07) is 10.6. The summed E-state index contributed by atoms with van der Waals surface area (Å²) in [5.41, 5.74) is 9.85. The Morgan fingerprint density at radius 1 is 1.08 bits per heavy atom. The number of anilines is 3. The molecule has 2 aliphatic rings. The number of rotatable bonds is 6. The van der Waals surface area contributed by atoms with Gasteiger partial charge in [0, 0.05) is 48.0 Å². The lowest BCUT2D eigenvalue weighted by Gasteiger charge is -2.38. The molecule has 0 atom stereocenters. The molecule has 6 rings (SSSR count). The molecule has 0 spiro atoms. The minimum atomic E-state index is -0.544. The van der Waals surface area contributed by atoms with Gasteiger partial charge < -0.3 is 20.4 Å². The molecule has 1 aromatic carbocycles. The number of nitriles is 1. The van der Waals surface area contributed by atoms with Gasteiger partial charge in [-0.05, 0) is 56.9 Å². The summed E-state index contributed by atoms with van der Waals surface area (Å²) in [7, 11) is 0. The number of benzene rings is 1. The number of aromatic nitrogens is 5. The number of piperidine rings is 1. The number of nitrogens with one attached hydrogen (secondary N) is 1. The van der Waals surface area contributed by atoms with Crippen LogP contribution in [0.25, 0.3) is 22.6 Å². The molecular formula is C26H27N9O. The van der Waals surface area contributed by atoms with Gasteiger partial charge in [-0.25, -0.2) is 15.0 Å². The van der Waals surface area contributed by atoms with Gasteiger partial charge in [0.15, 0.2) is 12.2 Å². The maximum atomic E-state index is 9.55. The van der Waals surface area contributed by atoms with Crippen LogP contribution < -0.4 is 16.0 Å². The average molecular weight is 482 g/mol. The molecule has 4 heterocycles. The van der Waals surface area contributed by atoms with Gasteiger partial charge in [-0.15, -0.1) is 0 Å². The third kappa shape index (κ3) is 4.18. The molecule has 10 heteroatoms. The van der Waals surface area contributed by atoms with Gasteiger partial charge in [0.1, 0.15) is 5.54 Å². The van der Waals surface area contributed by atoms with E-state index in [9.17, 15) is 5.26 Å². The quantitative estimate of drug-likeness (QED) is 0.418. The van der Waals surface area contributed by atoms with Gasteiger partial charge in [-0.2, -0.15) is 10.4 Å². The minimum absolute atomic E-state index is 0.0741. The van der Waals surface area contributed by atoms with Gasteiger partial charge in [-0.3, -0.25) is 4.68 Å². The molecular weight excluding hydrogens is 454 g/mol. The van der Waals surface area contributed by atoms with Gasteiger partial charge in [0.05, 0.1) is 29.7 Å². The molecule has 2 fully saturated rings. The van der Waals surface area contributed by atoms with Crippen molar-refractivity contribution in [2.45, 2.75) is 43.7 Å². The predicted octanol–water partition coefficient (Wildman–Crippen LogP) is 4.07. The van der Waals surface area contributed by atoms with Crippen molar-refractivity contribution >= 4 is 17.3 Å². The second-order valence-electron chi connectivity index (χ2n) is 9.95. The summed E-state index contributed by atoms with van der Waals surface area (Å²) in [5.74, 6) is 1.01. The molecule has 0 amide bonds. The van der Waals surface area contributed by atoms with Crippen molar-refractivity contribution in [1.82, 2.24) is 24.7 Å². The van der Waals surface area contributed by atoms with Crippen LogP contribution >= 0.6 is 0 Å². The Balaban J connectivity index is 1.26. The molecule has 1 aliphatic heterocycles. The molecule has 1 saturated heterocycles. The van der Waals surface area contributed by atoms with E-state index in [1.54, 1.807) is 23.3 Å². The zero-order valence-electron chi connectivity index (χ0n) is 20.1. The van der Waals surface area contributed by atoms with Crippen molar-refractivity contribution in [3.63, 3.8) is 0 Å². The highest BCUT2D eigenvalue weighted by Crippen LogP contribution is 2.43. The predicted molar refractivity (Wildman–Crippen MR) is 135 cm³/mol. The lowest BCUT2D eigenvalue weighted by molar-refractivity contribution is 0.364. The molecule has 0 radical (unpaired) electrons. The number of nitrogens with two attached hydrogens (primary N) is 1. The number of hydrogen-bond donors (Lipinski definition) is 2. The van der Waals surface area contributed by atoms with Gasteiger partial charge >= 0.3 is 0 Å². The highest BCUT2D eigenvalue weighted by molar-refractivity contribution is 5.78. The van der Waals surface area contributed by atoms with Crippen LogP contribution in [0.5, 0.6) is 0 Å². The van der Waals surface area contributed by atoms with Crippen LogP contribution in [-0.4, -0.2) is 43.4 Å². The van der Waals surface area contributed by atoms with E-state index in [1.165, 1.54) is 12.1 Å². The Morgan fingerprint density at radius 2 is 1.86 bits per heavy atom. The number of nitrogens with zero attached hydrogens (tertiary/aromatic N) is 7. The zero-order chi connectivity index (χ0) is 24.8. The van der Waals surface area contributed by atoms with Crippen molar-refractivity contribution in [1.29, 1.82) is 5.26 Å². The van der Waals surface area contributed by atoms with E-state index in [2.05, 4.69) is 50.4 Å². The monoisotopic (exact) mass is 481 g/mol. The topological polar surface area (TPSA) is 135 Å². The average Bonchev–Trinajstić information content (AvgIpc) is 3.26. The first kappa shape index (κ1) is 22.2. The van der Waals surface area contributed by atoms with Crippen molar-refractivity contribution in [2.75, 3.05) is 23.3 Å². The van der Waals surface area contributed by atoms with Gasteiger partial charge in [-0.1, -0.05) is 0 Å². The lowest BCUT2D eigenvalue weighted by atomic mass is 9.91. The van der Waals surface area contributed by atoms with Gasteiger partial charge in [0.25, 0.3) is 0 Å². The normalized spacial score (nSPS) is 18.0. The fourth-order valence-electron chi connectivity index (χ4n) is 4.54. The van der Waals surface area contributed by atoms with Crippen LogP contribution in [0, 0.1) is 11.3 Å². The van der Waals surface area contributed by atoms with Crippen molar-refractivity contribution in [3.8, 4) is 28.7 Å². The van der Waals surface area contributed by atoms with Crippen LogP contribution in [-0.2, 0) is 5.54 Å². The first-order valence-corrected chi connectivity index (χ1v) is 12.1. The fraction of sp³-hybridized carbons (Fsp3) is 0.346. The third-order valence-corrected chi connectivity index (χ3v) is 7.11. The minimum Gasteiger partial charge on any atom is -0.443 e. The van der Waals surface area contributed by atoms with Crippen molar-refractivity contribution in [3.05, 3.63) is 55.4 Å². The van der Waals surface area contributed by atoms with Crippen LogP contribution in [0.15, 0.2) is 59.9 Å². The third-order valence-electron chi connectivity index (χ3n) is 7.11. The maximum Gasteiger partial charge on any atom is 0.227 e. The molecule has 3 aromatic heterocycles. The second kappa shape index (κ2) is 8.46. The lowest BCUT2D eigenvalue weighted by Crippen LogP contribution is -2.48. The fourth-order valence-corrected chi connectivity index (χ4v) is 4.54. The van der Waals surface area contributed by atoms with Crippen LogP contribution in [0.2, 0.25) is 0 Å². The Hall–Kier alpha value is -4.23. The van der Waals surface area contributed by atoms with E-state index >= 15 is 0 Å². The van der Waals surface area contributed by atoms with E-state index in [0.717, 1.165) is 50.0 Å². The number of oxazole rings is 1. The second-order valence-corrected chi connectivity index (χ2v) is 9.95. The first-order chi connectivity index (χ1) is 17.4. The smallest absolute Gasteiger partial charge is 0.227 e. The molecule has 4 aromatic rings. The van der Waals surface area contributed by atoms with E-state index in [1.807, 2.05) is 18.3 Å². The van der Waals surface area contributed by atoms with E-state index in [-0.39, 0.29) is 5.54 Å². The molecule has 36 heavy (non-hydrogen) atoms. The zero-order valence-corrected chi connectivity index (χ0v) is 20.1. The van der Waals surface area contributed by atoms with E-state index in [4.69, 9.17) is 15.1 Å². The van der Waals surface area contributed by atoms with Crippen molar-refractivity contribution < 1.29 is 4.42 Å². The molecule has 10 nitrogen and oxygen atoms in total. The Labute approximate surface area is 208 Å². The molecule has 1 aliphatic carbocycles. The molecule has 3 N–H and O–H groups in total. The SMILES string of the molecule is CC1(N)CCN(c2ccc(Nc3ncc(-c4cnco4)c(-c4cnn(C5(C#N)CC5)c4)n3)cc2)CC1. The summed E-state index contributed by atoms with van der Waals surface area (Å²) in [6.45, 7) is 4.03. The Morgan fingerprint density at radius 3 is 2.53 bits per heavy atom. The van der Waals surface area contributed by atoms with Crippen molar-refractivity contribution in [2.24, 2.45) is 5.73 Å². The molecule has 0 bridgehead atoms. The summed E-state index contributed by atoms with van der Waals surface area (Å²) >= 11 is 0. The molecule has 1 saturated carbocycles. The maximum absolute atomic E-state index is 9.55. The Kier molecular flexibility index (Phi) is 5.23. The summed E-state index contributed by atoms with van der Waals surface area (Å²) in [5, 5.41) is 17.3. The highest BCUT2D eigenvalue weighted by atomic mass is 16.3. The number of hydrogen-bond acceptors (Lipinski definition) is 9. The van der Waals surface area contributed by atoms with Crippen LogP contribution in [0.4, 0.5) is 17.3 Å². The Bertz CT molecular complexity index is 1400. The largest absolute Gasteiger partial charge is 0.443 e. The first-order valence-electron chi connectivity index (χ1n) is 12.1. The summed E-state index contributed by atoms with van der Waals surface area (Å²) in [4.78, 5) is 15.7. The van der Waals surface area contributed by atoms with E-state index in [0.29, 0.717) is 23.0 Å². The molecule has 0 unspecified atom stereocenters. The molecule has 182 valence electrons. The highest BCUT2D eigenvalue weighted by Gasteiger charge is 2.46. The summed E-state index contributed by atoms with van der Waals surface area (Å²) in [6.07, 6.45) is 11.9. The van der Waals surface area contributed by atoms with E-state index < -0.39 is 5.54 Å². The summed E-state index contributed by atoms with van der Waals surface area (Å²) < 4.78 is 7.26. The van der Waals surface area contributed by atoms with Crippen LogP contribution in [0.1, 0.15) is 32.6 Å². The van der Waals surface area contributed by atoms with Gasteiger partial charge in [0.2, 0.25) is 5.95 Å². The standard InChI is InChI=1S/C26H27N9O/c1-25(28)8-10-34(11-9-25)20-4-2-19(3-5-20)32-24-30-13-21(22-14-29-17-36-22)23(33-24)18-12-31-35(15-18)26(16-27)6-7-26/h2-5,12-15,17H,6-11,28H2,1H3,(H,30,32,33). The van der Waals surface area contributed by atoms with Crippen LogP contribution in [0.3, 0.4) is 0 Å².